The van der Waals surface area contributed by atoms with Crippen LogP contribution in [0.5, 0.6) is 0 Å². The van der Waals surface area contributed by atoms with Crippen LogP contribution in [0.4, 0.5) is 5.69 Å². The van der Waals surface area contributed by atoms with E-state index < -0.39 is 18.1 Å². The molecule has 10 heteroatoms. The first-order chi connectivity index (χ1) is 19.4. The van der Waals surface area contributed by atoms with Gasteiger partial charge in [0.15, 0.2) is 0 Å². The third-order valence-electron chi connectivity index (χ3n) is 7.57. The van der Waals surface area contributed by atoms with E-state index in [9.17, 15) is 24.8 Å². The number of nitrogens with zero attached hydrogens (tertiary/aromatic N) is 4. The van der Waals surface area contributed by atoms with Crippen molar-refractivity contribution in [1.29, 1.82) is 0 Å². The number of carbonyl (C=O) groups is 2. The van der Waals surface area contributed by atoms with Crippen LogP contribution in [0.2, 0.25) is 0 Å². The van der Waals surface area contributed by atoms with Gasteiger partial charge in [-0.05, 0) is 36.9 Å². The molecule has 0 radical (unpaired) electrons. The molecule has 41 heavy (non-hydrogen) atoms. The molecule has 1 N–H and O–H groups in total. The average Bonchev–Trinajstić information content (AvgIpc) is 3.59. The van der Waals surface area contributed by atoms with Crippen LogP contribution in [-0.2, 0) is 32.6 Å². The molecule has 1 saturated carbocycles. The Hall–Kier alpha value is -3.88. The van der Waals surface area contributed by atoms with Gasteiger partial charge >= 0.3 is 5.97 Å². The van der Waals surface area contributed by atoms with Gasteiger partial charge in [-0.15, -0.1) is 5.69 Å². The van der Waals surface area contributed by atoms with Gasteiger partial charge in [0.05, 0.1) is 17.7 Å². The summed E-state index contributed by atoms with van der Waals surface area (Å²) in [4.78, 5) is 43.3. The number of hydrogen-bond donors (Lipinski definition) is 1. The van der Waals surface area contributed by atoms with Crippen LogP contribution in [0.3, 0.4) is 0 Å². The number of aliphatic carboxylic acids is 1. The molecule has 5 rings (SSSR count). The third-order valence-corrected chi connectivity index (χ3v) is 7.57. The second-order valence-corrected chi connectivity index (χ2v) is 10.4. The molecule has 0 aromatic heterocycles. The van der Waals surface area contributed by atoms with E-state index in [1.807, 2.05) is 60.7 Å². The van der Waals surface area contributed by atoms with Crippen LogP contribution < -0.4 is 0 Å². The number of para-hydroxylation sites is 1. The van der Waals surface area contributed by atoms with Gasteiger partial charge in [-0.3, -0.25) is 20.0 Å². The van der Waals surface area contributed by atoms with E-state index in [-0.39, 0.29) is 45.7 Å². The van der Waals surface area contributed by atoms with Crippen LogP contribution in [0.15, 0.2) is 89.9 Å². The number of amides is 1. The number of carboxylic acids is 1. The quantitative estimate of drug-likeness (QED) is 0.140. The average molecular weight is 598 g/mol. The number of nitro groups is 1. The fourth-order valence-corrected chi connectivity index (χ4v) is 5.37. The van der Waals surface area contributed by atoms with E-state index in [0.717, 1.165) is 24.9 Å². The summed E-state index contributed by atoms with van der Waals surface area (Å²) in [6, 6.07) is 24.1. The normalized spacial score (nSPS) is 21.0. The maximum Gasteiger partial charge on any atom is 0.328 e. The summed E-state index contributed by atoms with van der Waals surface area (Å²) in [6.07, 6.45) is 2.06. The van der Waals surface area contributed by atoms with Crippen LogP contribution in [0.25, 0.3) is 5.32 Å². The molecule has 0 unspecified atom stereocenters. The molecule has 1 aliphatic heterocycles. The number of carbonyl (C=O) groups excluding carboxylic acids is 1. The molecular formula is C31H31N4NiO5-. The second-order valence-electron chi connectivity index (χ2n) is 10.4. The molecule has 2 fully saturated rings. The van der Waals surface area contributed by atoms with Crippen molar-refractivity contribution in [1.82, 2.24) is 4.90 Å². The topological polar surface area (TPSA) is 127 Å². The Morgan fingerprint density at radius 3 is 2.34 bits per heavy atom. The summed E-state index contributed by atoms with van der Waals surface area (Å²) in [5, 5.41) is 25.7. The van der Waals surface area contributed by atoms with E-state index in [2.05, 4.69) is 15.2 Å². The molecule has 3 aromatic rings. The van der Waals surface area contributed by atoms with Crippen molar-refractivity contribution in [2.45, 2.75) is 50.4 Å². The molecule has 0 bridgehead atoms. The summed E-state index contributed by atoms with van der Waals surface area (Å²) in [5.41, 5.74) is 3.17. The summed E-state index contributed by atoms with van der Waals surface area (Å²) >= 11 is 0. The molecule has 1 amide bonds. The van der Waals surface area contributed by atoms with Crippen LogP contribution in [0, 0.1) is 16.0 Å². The standard InChI is InChI=1S/C31H32N4O5.Ni/c36-30(27-16-9-17-34(27)20-21-10-3-1-4-11-21)33-25-15-8-7-14-24(25)29(22-12-5-2-6-13-22)32-26(31(37)38)18-23-19-28(23)35(39)40;/h1-8,10-15,23,26-28H,9,16-20H2,(H2,32,33,36,37,38);/p-1/t23-,26-,27-,28-;/m0./s1. The number of benzene rings is 3. The number of carboxylic acid groups (broad SMARTS) is 1. The van der Waals surface area contributed by atoms with E-state index in [0.29, 0.717) is 35.5 Å². The zero-order valence-corrected chi connectivity index (χ0v) is 23.3. The van der Waals surface area contributed by atoms with Crippen LogP contribution in [-0.4, -0.2) is 57.2 Å². The van der Waals surface area contributed by atoms with Crippen molar-refractivity contribution in [3.05, 3.63) is 117 Å². The van der Waals surface area contributed by atoms with Gasteiger partial charge in [0.25, 0.3) is 0 Å². The summed E-state index contributed by atoms with van der Waals surface area (Å²) in [7, 11) is 0. The van der Waals surface area contributed by atoms with Crippen molar-refractivity contribution in [2.75, 3.05) is 6.54 Å². The van der Waals surface area contributed by atoms with Crippen molar-refractivity contribution in [3.63, 3.8) is 0 Å². The third kappa shape index (κ3) is 7.45. The molecule has 9 nitrogen and oxygen atoms in total. The van der Waals surface area contributed by atoms with Crippen molar-refractivity contribution < 1.29 is 36.1 Å². The maximum absolute atomic E-state index is 13.5. The minimum absolute atomic E-state index is 0. The Balaban J connectivity index is 0.00000387. The molecule has 0 spiro atoms. The van der Waals surface area contributed by atoms with E-state index >= 15 is 0 Å². The first-order valence-electron chi connectivity index (χ1n) is 13.5. The van der Waals surface area contributed by atoms with Gasteiger partial charge in [-0.1, -0.05) is 84.9 Å². The van der Waals surface area contributed by atoms with E-state index in [1.165, 1.54) is 0 Å². The molecule has 2 aliphatic rings. The van der Waals surface area contributed by atoms with Crippen molar-refractivity contribution >= 4 is 23.3 Å². The van der Waals surface area contributed by atoms with Crippen molar-refractivity contribution in [3.8, 4) is 0 Å². The Morgan fingerprint density at radius 2 is 1.68 bits per heavy atom. The molecule has 1 saturated heterocycles. The number of rotatable bonds is 11. The molecular weight excluding hydrogens is 567 g/mol. The number of likely N-dealkylation sites (tertiary alicyclic amines) is 1. The van der Waals surface area contributed by atoms with Gasteiger partial charge in [-0.25, -0.2) is 4.79 Å². The minimum Gasteiger partial charge on any atom is -0.625 e. The first kappa shape index (κ1) is 30.1. The van der Waals surface area contributed by atoms with Crippen LogP contribution in [0.1, 0.15) is 42.4 Å². The summed E-state index contributed by atoms with van der Waals surface area (Å²) in [5.74, 6) is -1.71. The maximum atomic E-state index is 13.5. The fourth-order valence-electron chi connectivity index (χ4n) is 5.37. The molecule has 1 heterocycles. The summed E-state index contributed by atoms with van der Waals surface area (Å²) in [6.45, 7) is 1.48. The van der Waals surface area contributed by atoms with Gasteiger partial charge in [-0.2, -0.15) is 0 Å². The monoisotopic (exact) mass is 597 g/mol. The zero-order chi connectivity index (χ0) is 28.1. The van der Waals surface area contributed by atoms with Gasteiger partial charge in [0.2, 0.25) is 6.04 Å². The smallest absolute Gasteiger partial charge is 0.328 e. The largest absolute Gasteiger partial charge is 0.625 e. The Bertz CT molecular complexity index is 1400. The predicted octanol–water partition coefficient (Wildman–Crippen LogP) is 5.23. The zero-order valence-electron chi connectivity index (χ0n) is 22.3. The second kappa shape index (κ2) is 13.7. The van der Waals surface area contributed by atoms with Crippen molar-refractivity contribution in [2.24, 2.45) is 10.9 Å². The fraction of sp³-hybridized carbons (Fsp3) is 0.323. The van der Waals surface area contributed by atoms with E-state index in [4.69, 9.17) is 0 Å². The first-order valence-corrected chi connectivity index (χ1v) is 13.5. The Labute approximate surface area is 248 Å². The molecule has 3 aromatic carbocycles. The van der Waals surface area contributed by atoms with Crippen LogP contribution >= 0.6 is 0 Å². The van der Waals surface area contributed by atoms with E-state index in [1.54, 1.807) is 24.3 Å². The Morgan fingerprint density at radius 1 is 1.02 bits per heavy atom. The molecule has 216 valence electrons. The number of hydrogen-bond acceptors (Lipinski definition) is 6. The predicted molar refractivity (Wildman–Crippen MR) is 151 cm³/mol. The van der Waals surface area contributed by atoms with Gasteiger partial charge in [0, 0.05) is 45.9 Å². The summed E-state index contributed by atoms with van der Waals surface area (Å²) < 4.78 is 0. The van der Waals surface area contributed by atoms with Gasteiger partial charge in [0.1, 0.15) is 6.04 Å². The number of aliphatic imine (C=N–C) groups is 1. The SMILES string of the molecule is O=C(O)[C@H](C[C@H]1C[C@@H]1[N+](=O)[O-])N=C(c1ccccc1)c1ccccc1[N-]C(=O)[C@@H]1CCCN1Cc1ccccc1.[Ni]. The molecule has 1 aliphatic carbocycles. The molecule has 4 atom stereocenters. The Kier molecular flexibility index (Phi) is 10.0. The van der Waals surface area contributed by atoms with Gasteiger partial charge < -0.3 is 15.2 Å². The minimum atomic E-state index is -1.16.